The van der Waals surface area contributed by atoms with Gasteiger partial charge in [0.25, 0.3) is 0 Å². The number of hydrogen-bond donors (Lipinski definition) is 4. The van der Waals surface area contributed by atoms with E-state index in [1.807, 2.05) is 32.0 Å². The van der Waals surface area contributed by atoms with Gasteiger partial charge in [-0.15, -0.1) is 0 Å². The van der Waals surface area contributed by atoms with E-state index >= 15 is 0 Å². The van der Waals surface area contributed by atoms with Crippen molar-refractivity contribution in [3.63, 3.8) is 0 Å². The molecular formula is C12H23N3O7S2. The van der Waals surface area contributed by atoms with Gasteiger partial charge in [-0.25, -0.2) is 0 Å². The minimum absolute atomic E-state index is 0.285. The van der Waals surface area contributed by atoms with Crippen molar-refractivity contribution < 1.29 is 30.1 Å². The molecule has 0 fully saturated rings. The van der Waals surface area contributed by atoms with Gasteiger partial charge in [0.1, 0.15) is 0 Å². The number of nitrogens with two attached hydrogens (primary N) is 1. The van der Waals surface area contributed by atoms with Crippen molar-refractivity contribution in [1.82, 2.24) is 4.72 Å². The summed E-state index contributed by atoms with van der Waals surface area (Å²) < 4.78 is 60.5. The Labute approximate surface area is 142 Å². The lowest BCUT2D eigenvalue weighted by Crippen LogP contribution is -2.35. The van der Waals surface area contributed by atoms with Gasteiger partial charge in [0.2, 0.25) is 0 Å². The largest absolute Gasteiger partial charge is 0.399 e. The Morgan fingerprint density at radius 2 is 1.79 bits per heavy atom. The average molecular weight is 385 g/mol. The zero-order chi connectivity index (χ0) is 19.0. The SMILES string of the molecule is CCN(CCNS(=O)(=O)OC)c1ccc(N)c(C)c1.O=S(=O)(O)O. The van der Waals surface area contributed by atoms with Crippen molar-refractivity contribution in [2.75, 3.05) is 37.4 Å². The van der Waals surface area contributed by atoms with Gasteiger partial charge >= 0.3 is 20.7 Å². The van der Waals surface area contributed by atoms with E-state index in [2.05, 4.69) is 13.8 Å². The number of hydrogen-bond acceptors (Lipinski definition) is 7. The Hall–Kier alpha value is -1.44. The third-order valence-corrected chi connectivity index (χ3v) is 3.88. The van der Waals surface area contributed by atoms with Gasteiger partial charge < -0.3 is 10.6 Å². The number of benzene rings is 1. The van der Waals surface area contributed by atoms with E-state index in [-0.39, 0.29) is 6.54 Å². The molecule has 0 saturated heterocycles. The van der Waals surface area contributed by atoms with Crippen LogP contribution in [0.5, 0.6) is 0 Å². The van der Waals surface area contributed by atoms with Crippen LogP contribution in [0, 0.1) is 6.92 Å². The predicted octanol–water partition coefficient (Wildman–Crippen LogP) is 0.232. The average Bonchev–Trinajstić information content (AvgIpc) is 2.45. The van der Waals surface area contributed by atoms with E-state index in [0.717, 1.165) is 30.6 Å². The first kappa shape index (κ1) is 22.6. The molecule has 0 amide bonds. The van der Waals surface area contributed by atoms with Crippen LogP contribution in [0.2, 0.25) is 0 Å². The molecule has 0 atom stereocenters. The fourth-order valence-electron chi connectivity index (χ4n) is 1.69. The van der Waals surface area contributed by atoms with Gasteiger partial charge in [0.15, 0.2) is 0 Å². The first-order valence-corrected chi connectivity index (χ1v) is 9.56. The second-order valence-corrected chi connectivity index (χ2v) is 7.01. The molecule has 140 valence electrons. The number of rotatable bonds is 7. The summed E-state index contributed by atoms with van der Waals surface area (Å²) in [6, 6.07) is 5.77. The van der Waals surface area contributed by atoms with E-state index in [9.17, 15) is 8.42 Å². The van der Waals surface area contributed by atoms with Crippen molar-refractivity contribution in [3.05, 3.63) is 23.8 Å². The predicted molar refractivity (Wildman–Crippen MR) is 91.6 cm³/mol. The minimum Gasteiger partial charge on any atom is -0.399 e. The minimum atomic E-state index is -4.67. The third-order valence-electron chi connectivity index (χ3n) is 2.88. The van der Waals surface area contributed by atoms with Crippen molar-refractivity contribution in [3.8, 4) is 0 Å². The van der Waals surface area contributed by atoms with Crippen molar-refractivity contribution in [2.45, 2.75) is 13.8 Å². The number of likely N-dealkylation sites (N-methyl/N-ethyl adjacent to an activating group) is 1. The molecule has 0 aliphatic carbocycles. The molecule has 0 heterocycles. The number of nitrogens with zero attached hydrogens (tertiary/aromatic N) is 1. The normalized spacial score (nSPS) is 11.5. The molecule has 5 N–H and O–H groups in total. The fourth-order valence-corrected chi connectivity index (χ4v) is 2.15. The third kappa shape index (κ3) is 10.4. The van der Waals surface area contributed by atoms with Gasteiger partial charge in [-0.3, -0.25) is 13.3 Å². The first-order valence-electron chi connectivity index (χ1n) is 6.75. The van der Waals surface area contributed by atoms with Crippen molar-refractivity contribution in [2.24, 2.45) is 0 Å². The quantitative estimate of drug-likeness (QED) is 0.380. The summed E-state index contributed by atoms with van der Waals surface area (Å²) in [5.74, 6) is 0. The Bertz CT molecular complexity index is 712. The van der Waals surface area contributed by atoms with Crippen LogP contribution in [-0.2, 0) is 24.9 Å². The summed E-state index contributed by atoms with van der Waals surface area (Å²) >= 11 is 0. The molecule has 12 heteroatoms. The lowest BCUT2D eigenvalue weighted by molar-refractivity contribution is 0.380. The molecule has 24 heavy (non-hydrogen) atoms. The lowest BCUT2D eigenvalue weighted by atomic mass is 10.1. The summed E-state index contributed by atoms with van der Waals surface area (Å²) in [7, 11) is -7.16. The maximum Gasteiger partial charge on any atom is 0.394 e. The maximum absolute atomic E-state index is 11.1. The monoisotopic (exact) mass is 385 g/mol. The van der Waals surface area contributed by atoms with E-state index in [1.54, 1.807) is 0 Å². The number of anilines is 2. The maximum atomic E-state index is 11.1. The van der Waals surface area contributed by atoms with Gasteiger partial charge in [-0.1, -0.05) is 0 Å². The van der Waals surface area contributed by atoms with E-state index < -0.39 is 20.7 Å². The number of nitrogens with one attached hydrogen (secondary N) is 1. The molecule has 10 nitrogen and oxygen atoms in total. The van der Waals surface area contributed by atoms with Crippen molar-refractivity contribution >= 4 is 32.1 Å². The zero-order valence-electron chi connectivity index (χ0n) is 13.6. The Morgan fingerprint density at radius 1 is 1.25 bits per heavy atom. The van der Waals surface area contributed by atoms with Crippen LogP contribution in [0.4, 0.5) is 11.4 Å². The molecular weight excluding hydrogens is 362 g/mol. The molecule has 0 aromatic heterocycles. The topological polar surface area (TPSA) is 159 Å². The van der Waals surface area contributed by atoms with Gasteiger partial charge in [-0.05, 0) is 37.6 Å². The Balaban J connectivity index is 0.000000922. The molecule has 0 aliphatic rings. The van der Waals surface area contributed by atoms with Crippen LogP contribution in [0.25, 0.3) is 0 Å². The molecule has 1 rings (SSSR count). The van der Waals surface area contributed by atoms with Crippen LogP contribution in [0.3, 0.4) is 0 Å². The smallest absolute Gasteiger partial charge is 0.394 e. The highest BCUT2D eigenvalue weighted by Crippen LogP contribution is 2.20. The van der Waals surface area contributed by atoms with Gasteiger partial charge in [-0.2, -0.15) is 21.6 Å². The standard InChI is InChI=1S/C12H21N3O3S.H2O4S/c1-4-15(8-7-14-19(16,17)18-3)11-5-6-12(13)10(2)9-11;1-5(2,3)4/h5-6,9,14H,4,7-8,13H2,1-3H3;(H2,1,2,3,4). The Kier molecular flexibility index (Phi) is 9.17. The highest BCUT2D eigenvalue weighted by atomic mass is 32.3. The molecule has 0 bridgehead atoms. The van der Waals surface area contributed by atoms with Gasteiger partial charge in [0, 0.05) is 31.0 Å². The number of aryl methyl sites for hydroxylation is 1. The number of nitrogen functional groups attached to an aromatic ring is 1. The summed E-state index contributed by atoms with van der Waals surface area (Å²) in [6.45, 7) is 5.57. The molecule has 0 saturated carbocycles. The van der Waals surface area contributed by atoms with Crippen LogP contribution in [-0.4, -0.2) is 52.7 Å². The molecule has 0 aliphatic heterocycles. The van der Waals surface area contributed by atoms with Crippen molar-refractivity contribution in [1.29, 1.82) is 0 Å². The second-order valence-electron chi connectivity index (χ2n) is 4.58. The van der Waals surface area contributed by atoms with Crippen LogP contribution < -0.4 is 15.4 Å². The summed E-state index contributed by atoms with van der Waals surface area (Å²) in [5, 5.41) is 0. The summed E-state index contributed by atoms with van der Waals surface area (Å²) in [6.07, 6.45) is 0. The molecule has 0 unspecified atom stereocenters. The summed E-state index contributed by atoms with van der Waals surface area (Å²) in [5.41, 5.74) is 8.56. The lowest BCUT2D eigenvalue weighted by Gasteiger charge is -2.23. The van der Waals surface area contributed by atoms with Crippen LogP contribution >= 0.6 is 0 Å². The van der Waals surface area contributed by atoms with Crippen LogP contribution in [0.15, 0.2) is 18.2 Å². The zero-order valence-corrected chi connectivity index (χ0v) is 15.3. The van der Waals surface area contributed by atoms with Gasteiger partial charge in [0.05, 0.1) is 7.11 Å². The van der Waals surface area contributed by atoms with Crippen LogP contribution in [0.1, 0.15) is 12.5 Å². The molecule has 0 spiro atoms. The van der Waals surface area contributed by atoms with E-state index in [1.165, 1.54) is 0 Å². The highest BCUT2D eigenvalue weighted by Gasteiger charge is 2.09. The highest BCUT2D eigenvalue weighted by molar-refractivity contribution is 7.84. The fraction of sp³-hybridized carbons (Fsp3) is 0.500. The molecule has 0 radical (unpaired) electrons. The molecule has 1 aromatic carbocycles. The van der Waals surface area contributed by atoms with E-state index in [4.69, 9.17) is 23.3 Å². The summed E-state index contributed by atoms with van der Waals surface area (Å²) in [4.78, 5) is 2.06. The first-order chi connectivity index (χ1) is 10.9. The second kappa shape index (κ2) is 9.76. The van der Waals surface area contributed by atoms with E-state index in [0.29, 0.717) is 6.54 Å². The Morgan fingerprint density at radius 3 is 2.21 bits per heavy atom. The molecule has 1 aromatic rings.